The summed E-state index contributed by atoms with van der Waals surface area (Å²) in [4.78, 5) is 0. The molecule has 3 atom stereocenters. The van der Waals surface area contributed by atoms with E-state index in [9.17, 15) is 0 Å². The van der Waals surface area contributed by atoms with Crippen LogP contribution in [-0.2, 0) is 0 Å². The quantitative estimate of drug-likeness (QED) is 0.223. The minimum Gasteiger partial charge on any atom is -0.0625 e. The predicted octanol–water partition coefficient (Wildman–Crippen LogP) is 16.6. The number of hydrogen-bond donors (Lipinski definition) is 0. The summed E-state index contributed by atoms with van der Waals surface area (Å²) in [6, 6.07) is 0. The van der Waals surface area contributed by atoms with Crippen LogP contribution in [0.3, 0.4) is 0 Å². The molecule has 0 aromatic carbocycles. The van der Waals surface area contributed by atoms with E-state index in [0.29, 0.717) is 0 Å². The molecular weight excluding hydrogens is 589 g/mol. The Bertz CT molecular complexity index is 774. The Morgan fingerprint density at radius 3 is 0.857 bits per heavy atom. The van der Waals surface area contributed by atoms with Gasteiger partial charge in [-0.2, -0.15) is 0 Å². The fraction of sp³-hybridized carbons (Fsp3) is 1.00. The molecule has 288 valence electrons. The molecule has 49 heavy (non-hydrogen) atoms. The Hall–Kier alpha value is 0. The van der Waals surface area contributed by atoms with E-state index in [-0.39, 0.29) is 0 Å². The van der Waals surface area contributed by atoms with Gasteiger partial charge >= 0.3 is 0 Å². The second-order valence-electron chi connectivity index (χ2n) is 21.3. The van der Waals surface area contributed by atoms with Crippen LogP contribution in [0.15, 0.2) is 0 Å². The predicted molar refractivity (Wildman–Crippen MR) is 219 cm³/mol. The summed E-state index contributed by atoms with van der Waals surface area (Å²) < 4.78 is 0. The molecule has 11 rings (SSSR count). The minimum absolute atomic E-state index is 0.800. The average molecular weight is 681 g/mol. The van der Waals surface area contributed by atoms with Gasteiger partial charge < -0.3 is 0 Å². The molecule has 0 nitrogen and oxygen atoms in total. The second-order valence-corrected chi connectivity index (χ2v) is 21.3. The highest BCUT2D eigenvalue weighted by molar-refractivity contribution is 4.99. The highest BCUT2D eigenvalue weighted by Crippen LogP contribution is 2.59. The largest absolute Gasteiger partial charge is 0.0625 e. The smallest absolute Gasteiger partial charge is 0.0318 e. The molecule has 11 aliphatic carbocycles. The molecule has 11 fully saturated rings. The molecule has 0 heterocycles. The molecule has 11 aliphatic rings. The molecule has 11 saturated carbocycles. The van der Waals surface area contributed by atoms with E-state index in [2.05, 4.69) is 48.5 Å². The van der Waals surface area contributed by atoms with Gasteiger partial charge in [-0.15, -0.1) is 0 Å². The zero-order chi connectivity index (χ0) is 35.1. The highest BCUT2D eigenvalue weighted by Gasteiger charge is 2.48. The van der Waals surface area contributed by atoms with E-state index < -0.39 is 0 Å². The zero-order valence-corrected chi connectivity index (χ0v) is 35.1. The van der Waals surface area contributed by atoms with E-state index in [1.54, 1.807) is 64.2 Å². The van der Waals surface area contributed by atoms with Crippen LogP contribution in [0.1, 0.15) is 241 Å². The monoisotopic (exact) mass is 681 g/mol. The van der Waals surface area contributed by atoms with E-state index >= 15 is 0 Å². The first-order valence-electron chi connectivity index (χ1n) is 23.6. The van der Waals surface area contributed by atoms with Crippen LogP contribution >= 0.6 is 0 Å². The van der Waals surface area contributed by atoms with E-state index in [0.717, 1.165) is 70.5 Å². The van der Waals surface area contributed by atoms with Crippen LogP contribution in [0.2, 0.25) is 0 Å². The van der Waals surface area contributed by atoms with Crippen LogP contribution in [0.5, 0.6) is 0 Å². The van der Waals surface area contributed by atoms with Crippen molar-refractivity contribution in [2.75, 3.05) is 0 Å². The summed E-state index contributed by atoms with van der Waals surface area (Å²) in [6.07, 6.45) is 45.4. The van der Waals surface area contributed by atoms with Crippen molar-refractivity contribution in [3.63, 3.8) is 0 Å². The molecule has 0 saturated heterocycles. The molecule has 0 aromatic heterocycles. The van der Waals surface area contributed by atoms with E-state index in [1.807, 2.05) is 0 Å². The summed E-state index contributed by atoms with van der Waals surface area (Å²) in [5.41, 5.74) is 0.800. The van der Waals surface area contributed by atoms with Crippen molar-refractivity contribution in [2.45, 2.75) is 241 Å². The van der Waals surface area contributed by atoms with Crippen LogP contribution in [0, 0.1) is 70.5 Å². The van der Waals surface area contributed by atoms with Crippen LogP contribution in [0.4, 0.5) is 0 Å². The molecule has 6 bridgehead atoms. The van der Waals surface area contributed by atoms with E-state index in [4.69, 9.17) is 0 Å². The van der Waals surface area contributed by atoms with Gasteiger partial charge in [0.2, 0.25) is 0 Å². The molecular formula is C49H92. The maximum atomic E-state index is 2.54. The lowest BCUT2D eigenvalue weighted by Crippen LogP contribution is -2.44. The topological polar surface area (TPSA) is 0 Å². The maximum Gasteiger partial charge on any atom is -0.0318 e. The summed E-state index contributed by atoms with van der Waals surface area (Å²) in [5.74, 6) is 12.1. The van der Waals surface area contributed by atoms with Gasteiger partial charge in [0.15, 0.2) is 0 Å². The fourth-order valence-electron chi connectivity index (χ4n) is 11.8. The standard InChI is InChI=1S/C11H18.C8H14.C8H16.C7H14.C6H12.C5H10.C4H8/c1-11-5-8-2-9(6-11)4-10(3-8)7-11;1-6-4-7-2-3-8(6)5-7;1-8-6-4-2-3-5-7-8;1-7-5-3-2-4-6-7;1-6-4-2-3-5-6;1-5-3-2-4-5;1-4-2-3-4/h8-10H,2-7H2,1H3;6-8H,2-5H2,1H3;8H,2-7H2,1H3;7H,2-6H2,1H3;6H,2-5H2,1H3;5H,2-4H2,1H3;4H,2-3H2,1H3. The van der Waals surface area contributed by atoms with Crippen molar-refractivity contribution in [2.24, 2.45) is 70.5 Å². The average Bonchev–Trinajstić information content (AvgIpc) is 3.36. The maximum absolute atomic E-state index is 2.54. The van der Waals surface area contributed by atoms with Crippen molar-refractivity contribution < 1.29 is 0 Å². The van der Waals surface area contributed by atoms with Gasteiger partial charge in [0.1, 0.15) is 0 Å². The third-order valence-electron chi connectivity index (χ3n) is 15.4. The van der Waals surface area contributed by atoms with Crippen LogP contribution in [0.25, 0.3) is 0 Å². The summed E-state index contributed by atoms with van der Waals surface area (Å²) in [6.45, 7) is 16.6. The van der Waals surface area contributed by atoms with Gasteiger partial charge in [0.05, 0.1) is 0 Å². The normalized spacial score (nSPS) is 37.8. The Kier molecular flexibility index (Phi) is 19.0. The first kappa shape index (κ1) is 41.8. The van der Waals surface area contributed by atoms with Crippen LogP contribution in [-0.4, -0.2) is 0 Å². The van der Waals surface area contributed by atoms with Gasteiger partial charge in [-0.05, 0) is 128 Å². The van der Waals surface area contributed by atoms with Gasteiger partial charge in [-0.25, -0.2) is 0 Å². The fourth-order valence-corrected chi connectivity index (χ4v) is 11.8. The first-order valence-corrected chi connectivity index (χ1v) is 23.6. The minimum atomic E-state index is 0.800. The SMILES string of the molecule is CC12CC3CC(CC(C3)C1)C2.CC1CC1.CC1CC2CCC1C2.CC1CCC1.CC1CCCC1.CC1CCCCC1.CC1CCCCCC1. The lowest BCUT2D eigenvalue weighted by molar-refractivity contribution is -0.0411. The molecule has 0 heteroatoms. The van der Waals surface area contributed by atoms with Crippen molar-refractivity contribution in [3.8, 4) is 0 Å². The summed E-state index contributed by atoms with van der Waals surface area (Å²) in [5, 5.41) is 0. The van der Waals surface area contributed by atoms with Crippen LogP contribution < -0.4 is 0 Å². The van der Waals surface area contributed by atoms with Gasteiger partial charge in [0, 0.05) is 0 Å². The summed E-state index contributed by atoms with van der Waals surface area (Å²) in [7, 11) is 0. The third kappa shape index (κ3) is 17.1. The third-order valence-corrected chi connectivity index (χ3v) is 15.4. The zero-order valence-electron chi connectivity index (χ0n) is 35.1. The first-order chi connectivity index (χ1) is 23.6. The lowest BCUT2D eigenvalue weighted by Gasteiger charge is -2.55. The van der Waals surface area contributed by atoms with Crippen molar-refractivity contribution in [1.82, 2.24) is 0 Å². The highest BCUT2D eigenvalue weighted by atomic mass is 14.5. The molecule has 0 aromatic rings. The molecule has 0 spiro atoms. The molecule has 3 unspecified atom stereocenters. The van der Waals surface area contributed by atoms with Gasteiger partial charge in [-0.3, -0.25) is 0 Å². The number of rotatable bonds is 0. The Morgan fingerprint density at radius 1 is 0.306 bits per heavy atom. The van der Waals surface area contributed by atoms with Crippen molar-refractivity contribution >= 4 is 0 Å². The molecule has 0 N–H and O–H groups in total. The Morgan fingerprint density at radius 2 is 0.653 bits per heavy atom. The molecule has 0 amide bonds. The Labute approximate surface area is 310 Å². The van der Waals surface area contributed by atoms with E-state index in [1.165, 1.54) is 128 Å². The van der Waals surface area contributed by atoms with Crippen molar-refractivity contribution in [1.29, 1.82) is 0 Å². The lowest BCUT2D eigenvalue weighted by atomic mass is 9.50. The number of fused-ring (bicyclic) bond motifs is 2. The Balaban J connectivity index is 0.000000132. The summed E-state index contributed by atoms with van der Waals surface area (Å²) >= 11 is 0. The number of hydrogen-bond acceptors (Lipinski definition) is 0. The molecule has 0 aliphatic heterocycles. The second kappa shape index (κ2) is 22.3. The van der Waals surface area contributed by atoms with Gasteiger partial charge in [0.25, 0.3) is 0 Å². The van der Waals surface area contributed by atoms with Crippen molar-refractivity contribution in [3.05, 3.63) is 0 Å². The van der Waals surface area contributed by atoms with Gasteiger partial charge in [-0.1, -0.05) is 183 Å². The molecule has 0 radical (unpaired) electrons.